The molecule has 2 aromatic rings. The maximum absolute atomic E-state index is 15.2. The second-order valence-corrected chi connectivity index (χ2v) is 14.0. The molecule has 0 spiro atoms. The van der Waals surface area contributed by atoms with Crippen molar-refractivity contribution in [3.8, 4) is 0 Å². The van der Waals surface area contributed by atoms with Gasteiger partial charge in [0.2, 0.25) is 0 Å². The molecule has 9 heteroatoms. The number of hydrogen-bond acceptors (Lipinski definition) is 3. The SMILES string of the molecule is CCCCP(C(=O)C1C(c2ccccc2)N=CC1(c1cc(Cl)c(Cl)c(Cl)c1)N(F)F)C1CCCC(C)C1. The normalized spacial score (nSPS) is 28.5. The Bertz CT molecular complexity index is 1110. The van der Waals surface area contributed by atoms with Crippen LogP contribution in [0.15, 0.2) is 47.5 Å². The van der Waals surface area contributed by atoms with Crippen molar-refractivity contribution in [2.75, 3.05) is 6.16 Å². The summed E-state index contributed by atoms with van der Waals surface area (Å²) in [5, 5.41) is -0.676. The first-order valence-electron chi connectivity index (χ1n) is 12.9. The van der Waals surface area contributed by atoms with Crippen molar-refractivity contribution in [1.29, 1.82) is 0 Å². The Balaban J connectivity index is 1.87. The largest absolute Gasteiger partial charge is 0.294 e. The van der Waals surface area contributed by atoms with E-state index < -0.39 is 30.8 Å². The first kappa shape index (κ1) is 28.9. The van der Waals surface area contributed by atoms with E-state index in [0.29, 0.717) is 5.92 Å². The summed E-state index contributed by atoms with van der Waals surface area (Å²) in [6.45, 7) is 4.32. The average molecular weight is 588 g/mol. The number of carbonyl (C=O) groups is 1. The zero-order valence-electron chi connectivity index (χ0n) is 21.0. The standard InChI is InChI=1S/C28H32Cl3F2N2OP/c1-3-4-13-37(21-12-8-9-18(2)14-21)27(36)24-26(19-10-6-5-7-11-19)34-17-28(24,35(32)33)20-15-22(29)25(31)23(30)16-20/h5-7,10-11,15-18,21,24,26H,3-4,8-9,12-14H2,1-2H3. The summed E-state index contributed by atoms with van der Waals surface area (Å²) in [6, 6.07) is 11.3. The molecular weight excluding hydrogens is 556 g/mol. The van der Waals surface area contributed by atoms with Crippen LogP contribution < -0.4 is 0 Å². The highest BCUT2D eigenvalue weighted by Crippen LogP contribution is 2.59. The second kappa shape index (κ2) is 12.4. The van der Waals surface area contributed by atoms with E-state index in [2.05, 4.69) is 18.8 Å². The van der Waals surface area contributed by atoms with E-state index in [1.165, 1.54) is 18.3 Å². The lowest BCUT2D eigenvalue weighted by Gasteiger charge is -2.40. The van der Waals surface area contributed by atoms with E-state index in [1.54, 1.807) is 0 Å². The molecule has 1 saturated carbocycles. The van der Waals surface area contributed by atoms with Crippen LogP contribution in [0.3, 0.4) is 0 Å². The summed E-state index contributed by atoms with van der Waals surface area (Å²) >= 11 is 18.8. The Kier molecular flexibility index (Phi) is 9.67. The van der Waals surface area contributed by atoms with E-state index in [4.69, 9.17) is 34.8 Å². The molecule has 4 rings (SSSR count). The van der Waals surface area contributed by atoms with Crippen LogP contribution in [0.25, 0.3) is 0 Å². The number of benzene rings is 2. The third kappa shape index (κ3) is 5.77. The van der Waals surface area contributed by atoms with Crippen molar-refractivity contribution >= 4 is 54.5 Å². The highest BCUT2D eigenvalue weighted by molar-refractivity contribution is 7.75. The van der Waals surface area contributed by atoms with Gasteiger partial charge in [0.25, 0.3) is 0 Å². The highest BCUT2D eigenvalue weighted by atomic mass is 35.5. The van der Waals surface area contributed by atoms with Crippen LogP contribution in [0.4, 0.5) is 8.96 Å². The molecule has 2 aliphatic rings. The zero-order chi connectivity index (χ0) is 26.7. The molecule has 6 unspecified atom stereocenters. The highest BCUT2D eigenvalue weighted by Gasteiger charge is 2.59. The molecule has 0 saturated heterocycles. The fourth-order valence-corrected chi connectivity index (χ4v) is 9.81. The van der Waals surface area contributed by atoms with Crippen molar-refractivity contribution < 1.29 is 13.8 Å². The number of hydrogen-bond donors (Lipinski definition) is 0. The van der Waals surface area contributed by atoms with Gasteiger partial charge in [-0.2, -0.15) is 0 Å². The van der Waals surface area contributed by atoms with Gasteiger partial charge in [0.15, 0.2) is 11.1 Å². The van der Waals surface area contributed by atoms with Gasteiger partial charge in [0.05, 0.1) is 27.0 Å². The van der Waals surface area contributed by atoms with Crippen molar-refractivity contribution in [3.63, 3.8) is 0 Å². The number of rotatable bonds is 9. The summed E-state index contributed by atoms with van der Waals surface area (Å²) in [7, 11) is -1.17. The molecule has 0 amide bonds. The van der Waals surface area contributed by atoms with Crippen molar-refractivity contribution in [3.05, 3.63) is 68.7 Å². The third-order valence-electron chi connectivity index (χ3n) is 7.74. The quantitative estimate of drug-likeness (QED) is 0.166. The number of carbonyl (C=O) groups excluding carboxylic acids is 1. The second-order valence-electron chi connectivity index (χ2n) is 10.2. The summed E-state index contributed by atoms with van der Waals surface area (Å²) in [5.74, 6) is -0.598. The Morgan fingerprint density at radius 3 is 2.41 bits per heavy atom. The lowest BCUT2D eigenvalue weighted by atomic mass is 9.77. The first-order valence-corrected chi connectivity index (χ1v) is 15.6. The number of aliphatic imine (C=N–C) groups is 1. The molecule has 1 aliphatic heterocycles. The van der Waals surface area contributed by atoms with Crippen molar-refractivity contribution in [2.24, 2.45) is 16.8 Å². The lowest BCUT2D eigenvalue weighted by molar-refractivity contribution is -0.223. The molecule has 0 radical (unpaired) electrons. The van der Waals surface area contributed by atoms with Crippen LogP contribution in [0.2, 0.25) is 15.1 Å². The molecule has 1 heterocycles. The molecule has 1 fully saturated rings. The minimum atomic E-state index is -2.11. The fourth-order valence-electron chi connectivity index (χ4n) is 5.81. The molecule has 1 aliphatic carbocycles. The minimum Gasteiger partial charge on any atom is -0.294 e. The van der Waals surface area contributed by atoms with Crippen LogP contribution in [0, 0.1) is 11.8 Å². The van der Waals surface area contributed by atoms with E-state index in [-0.39, 0.29) is 31.8 Å². The first-order chi connectivity index (χ1) is 17.7. The molecular formula is C28H32Cl3F2N2OP. The van der Waals surface area contributed by atoms with Crippen molar-refractivity contribution in [1.82, 2.24) is 5.34 Å². The van der Waals surface area contributed by atoms with Crippen LogP contribution in [-0.4, -0.2) is 28.9 Å². The van der Waals surface area contributed by atoms with Crippen LogP contribution in [-0.2, 0) is 10.3 Å². The molecule has 37 heavy (non-hydrogen) atoms. The summed E-state index contributed by atoms with van der Waals surface area (Å²) in [6.07, 6.45) is 7.96. The van der Waals surface area contributed by atoms with Gasteiger partial charge in [-0.05, 0) is 68.2 Å². The van der Waals surface area contributed by atoms with Gasteiger partial charge in [0.1, 0.15) is 0 Å². The monoisotopic (exact) mass is 586 g/mol. The minimum absolute atomic E-state index is 0.0579. The summed E-state index contributed by atoms with van der Waals surface area (Å²) in [4.78, 5) is 19.3. The van der Waals surface area contributed by atoms with Gasteiger partial charge in [-0.3, -0.25) is 9.79 Å². The topological polar surface area (TPSA) is 32.7 Å². The van der Waals surface area contributed by atoms with Gasteiger partial charge in [0, 0.05) is 11.6 Å². The Morgan fingerprint density at radius 1 is 1.14 bits per heavy atom. The predicted octanol–water partition coefficient (Wildman–Crippen LogP) is 9.74. The number of nitrogens with zero attached hydrogens (tertiary/aromatic N) is 2. The molecule has 0 bridgehead atoms. The fraction of sp³-hybridized carbons (Fsp3) is 0.500. The van der Waals surface area contributed by atoms with Crippen LogP contribution >= 0.6 is 42.7 Å². The number of unbranched alkanes of at least 4 members (excludes halogenated alkanes) is 1. The Hall–Kier alpha value is -1.10. The van der Waals surface area contributed by atoms with E-state index in [0.717, 1.165) is 50.3 Å². The van der Waals surface area contributed by atoms with Crippen molar-refractivity contribution in [2.45, 2.75) is 69.6 Å². The zero-order valence-corrected chi connectivity index (χ0v) is 24.2. The lowest BCUT2D eigenvalue weighted by Crippen LogP contribution is -2.48. The molecule has 0 N–H and O–H groups in total. The third-order valence-corrected chi connectivity index (χ3v) is 11.9. The molecule has 0 aromatic heterocycles. The van der Waals surface area contributed by atoms with Gasteiger partial charge < -0.3 is 0 Å². The molecule has 6 atom stereocenters. The van der Waals surface area contributed by atoms with Gasteiger partial charge in [-0.15, -0.1) is 8.96 Å². The summed E-state index contributed by atoms with van der Waals surface area (Å²) < 4.78 is 30.5. The predicted molar refractivity (Wildman–Crippen MR) is 151 cm³/mol. The van der Waals surface area contributed by atoms with Gasteiger partial charge in [-0.25, -0.2) is 0 Å². The summed E-state index contributed by atoms with van der Waals surface area (Å²) in [5.41, 5.74) is -1.13. The molecule has 2 aromatic carbocycles. The number of halogens is 5. The Labute approximate surface area is 234 Å². The van der Waals surface area contributed by atoms with E-state index in [9.17, 15) is 4.79 Å². The Morgan fingerprint density at radius 2 is 1.81 bits per heavy atom. The maximum atomic E-state index is 15.2. The molecule has 200 valence electrons. The van der Waals surface area contributed by atoms with Crippen LogP contribution in [0.1, 0.15) is 69.5 Å². The van der Waals surface area contributed by atoms with Gasteiger partial charge >= 0.3 is 0 Å². The smallest absolute Gasteiger partial charge is 0.163 e. The van der Waals surface area contributed by atoms with E-state index in [1.807, 2.05) is 30.3 Å². The maximum Gasteiger partial charge on any atom is 0.163 e. The van der Waals surface area contributed by atoms with Gasteiger partial charge in [-0.1, -0.05) is 98.2 Å². The van der Waals surface area contributed by atoms with E-state index >= 15 is 8.96 Å². The molecule has 3 nitrogen and oxygen atoms in total. The van der Waals surface area contributed by atoms with Crippen LogP contribution in [0.5, 0.6) is 0 Å². The average Bonchev–Trinajstić information content (AvgIpc) is 3.29.